The van der Waals surface area contributed by atoms with Gasteiger partial charge in [-0.3, -0.25) is 4.79 Å². The van der Waals surface area contributed by atoms with E-state index in [4.69, 9.17) is 20.8 Å². The first-order chi connectivity index (χ1) is 10.2. The normalized spacial score (nSPS) is 10.6. The fourth-order valence-electron chi connectivity index (χ4n) is 1.75. The fourth-order valence-corrected chi connectivity index (χ4v) is 1.88. The van der Waals surface area contributed by atoms with E-state index < -0.39 is 0 Å². The molecule has 0 fully saturated rings. The maximum Gasteiger partial charge on any atom is 0.307 e. The number of nitrogens with zero attached hydrogens (tertiary/aromatic N) is 1. The molecule has 0 bridgehead atoms. The van der Waals surface area contributed by atoms with Crippen LogP contribution in [-0.4, -0.2) is 24.1 Å². The van der Waals surface area contributed by atoms with E-state index >= 15 is 0 Å². The highest BCUT2D eigenvalue weighted by atomic mass is 35.5. The molecule has 2 aromatic rings. The average Bonchev–Trinajstić information content (AvgIpc) is 2.93. The highest BCUT2D eigenvalue weighted by molar-refractivity contribution is 6.30. The van der Waals surface area contributed by atoms with Gasteiger partial charge in [0.25, 0.3) is 0 Å². The molecule has 0 amide bonds. The Labute approximate surface area is 128 Å². The Kier molecular flexibility index (Phi) is 5.78. The Morgan fingerprint density at radius 2 is 2.14 bits per heavy atom. The molecule has 0 aliphatic rings. The summed E-state index contributed by atoms with van der Waals surface area (Å²) in [5.74, 6) is 0.348. The van der Waals surface area contributed by atoms with E-state index in [1.807, 2.05) is 12.1 Å². The zero-order valence-corrected chi connectivity index (χ0v) is 12.5. The van der Waals surface area contributed by atoms with Crippen LogP contribution in [0.15, 0.2) is 34.9 Å². The number of benzene rings is 1. The van der Waals surface area contributed by atoms with Crippen molar-refractivity contribution in [2.75, 3.05) is 13.2 Å². The zero-order chi connectivity index (χ0) is 15.1. The second kappa shape index (κ2) is 7.81. The van der Waals surface area contributed by atoms with Gasteiger partial charge in [0, 0.05) is 23.7 Å². The predicted octanol–water partition coefficient (Wildman–Crippen LogP) is 3.04. The molecule has 1 aromatic heterocycles. The summed E-state index contributed by atoms with van der Waals surface area (Å²) in [4.78, 5) is 15.5. The molecule has 6 heteroatoms. The van der Waals surface area contributed by atoms with Crippen molar-refractivity contribution < 1.29 is 13.9 Å². The highest BCUT2D eigenvalue weighted by Gasteiger charge is 2.07. The lowest BCUT2D eigenvalue weighted by Gasteiger charge is -2.02. The minimum atomic E-state index is -0.202. The number of halogens is 1. The third-order valence-corrected chi connectivity index (χ3v) is 3.01. The number of rotatable bonds is 7. The molecule has 0 unspecified atom stereocenters. The van der Waals surface area contributed by atoms with Gasteiger partial charge in [0.05, 0.1) is 18.7 Å². The summed E-state index contributed by atoms with van der Waals surface area (Å²) in [7, 11) is 0. The van der Waals surface area contributed by atoms with Gasteiger partial charge in [-0.05, 0) is 31.2 Å². The van der Waals surface area contributed by atoms with Crippen molar-refractivity contribution in [1.29, 1.82) is 0 Å². The highest BCUT2D eigenvalue weighted by Crippen LogP contribution is 2.20. The Balaban J connectivity index is 1.81. The van der Waals surface area contributed by atoms with Gasteiger partial charge in [0.15, 0.2) is 0 Å². The van der Waals surface area contributed by atoms with E-state index in [2.05, 4.69) is 10.3 Å². The van der Waals surface area contributed by atoms with Crippen LogP contribution in [0.5, 0.6) is 0 Å². The summed E-state index contributed by atoms with van der Waals surface area (Å²) in [6, 6.07) is 7.29. The predicted molar refractivity (Wildman–Crippen MR) is 79.9 cm³/mol. The first-order valence-corrected chi connectivity index (χ1v) is 7.13. The lowest BCUT2D eigenvalue weighted by atomic mass is 10.2. The molecule has 1 N–H and O–H groups in total. The third kappa shape index (κ3) is 4.88. The van der Waals surface area contributed by atoms with Crippen LogP contribution >= 0.6 is 11.6 Å². The molecule has 0 spiro atoms. The van der Waals surface area contributed by atoms with Crippen LogP contribution in [0.3, 0.4) is 0 Å². The molecule has 1 heterocycles. The van der Waals surface area contributed by atoms with Crippen molar-refractivity contribution in [2.45, 2.75) is 19.9 Å². The maximum absolute atomic E-state index is 11.2. The van der Waals surface area contributed by atoms with Gasteiger partial charge in [-0.25, -0.2) is 4.98 Å². The molecular weight excluding hydrogens is 292 g/mol. The Morgan fingerprint density at radius 3 is 2.86 bits per heavy atom. The van der Waals surface area contributed by atoms with Gasteiger partial charge in [0.1, 0.15) is 6.26 Å². The second-order valence-corrected chi connectivity index (χ2v) is 4.82. The molecule has 0 aliphatic carbocycles. The lowest BCUT2D eigenvalue weighted by molar-refractivity contribution is -0.142. The summed E-state index contributed by atoms with van der Waals surface area (Å²) < 4.78 is 10.3. The van der Waals surface area contributed by atoms with Gasteiger partial charge in [-0.15, -0.1) is 0 Å². The molecule has 0 saturated carbocycles. The van der Waals surface area contributed by atoms with Gasteiger partial charge in [-0.1, -0.05) is 11.6 Å². The van der Waals surface area contributed by atoms with Crippen molar-refractivity contribution in [3.05, 3.63) is 41.2 Å². The molecule has 0 atom stereocenters. The molecule has 0 radical (unpaired) electrons. The van der Waals surface area contributed by atoms with E-state index in [1.165, 1.54) is 0 Å². The molecule has 0 aliphatic heterocycles. The van der Waals surface area contributed by atoms with E-state index in [0.29, 0.717) is 37.0 Å². The largest absolute Gasteiger partial charge is 0.466 e. The molecule has 21 heavy (non-hydrogen) atoms. The van der Waals surface area contributed by atoms with Crippen molar-refractivity contribution in [2.24, 2.45) is 0 Å². The Hall–Kier alpha value is -1.85. The van der Waals surface area contributed by atoms with Crippen LogP contribution in [0, 0.1) is 0 Å². The number of aromatic nitrogens is 1. The zero-order valence-electron chi connectivity index (χ0n) is 11.8. The Morgan fingerprint density at radius 1 is 1.38 bits per heavy atom. The second-order valence-electron chi connectivity index (χ2n) is 4.38. The Bertz CT molecular complexity index is 581. The lowest BCUT2D eigenvalue weighted by Crippen LogP contribution is -2.19. The maximum atomic E-state index is 11.2. The van der Waals surface area contributed by atoms with Gasteiger partial charge in [-0.2, -0.15) is 0 Å². The average molecular weight is 309 g/mol. The van der Waals surface area contributed by atoms with Crippen LogP contribution in [-0.2, 0) is 16.1 Å². The van der Waals surface area contributed by atoms with Crippen molar-refractivity contribution >= 4 is 17.6 Å². The van der Waals surface area contributed by atoms with E-state index in [9.17, 15) is 4.79 Å². The quantitative estimate of drug-likeness (QED) is 0.629. The number of carbonyl (C=O) groups excluding carboxylic acids is 1. The van der Waals surface area contributed by atoms with Crippen LogP contribution in [0.25, 0.3) is 11.5 Å². The minimum absolute atomic E-state index is 0.202. The molecule has 2 rings (SSSR count). The van der Waals surface area contributed by atoms with Crippen LogP contribution in [0.4, 0.5) is 0 Å². The fraction of sp³-hybridized carbons (Fsp3) is 0.333. The smallest absolute Gasteiger partial charge is 0.307 e. The summed E-state index contributed by atoms with van der Waals surface area (Å²) in [6.45, 7) is 3.28. The number of carbonyl (C=O) groups is 1. The minimum Gasteiger partial charge on any atom is -0.466 e. The summed E-state index contributed by atoms with van der Waals surface area (Å²) in [6.07, 6.45) is 1.94. The van der Waals surface area contributed by atoms with E-state index in [1.54, 1.807) is 25.3 Å². The van der Waals surface area contributed by atoms with Gasteiger partial charge in [0.2, 0.25) is 5.89 Å². The van der Waals surface area contributed by atoms with Crippen LogP contribution < -0.4 is 5.32 Å². The van der Waals surface area contributed by atoms with Crippen molar-refractivity contribution in [3.63, 3.8) is 0 Å². The first-order valence-electron chi connectivity index (χ1n) is 6.75. The number of hydrogen-bond donors (Lipinski definition) is 1. The summed E-state index contributed by atoms with van der Waals surface area (Å²) in [5.41, 5.74) is 1.65. The molecule has 5 nitrogen and oxygen atoms in total. The molecular formula is C15H17ClN2O3. The molecule has 112 valence electrons. The van der Waals surface area contributed by atoms with E-state index in [-0.39, 0.29) is 5.97 Å². The summed E-state index contributed by atoms with van der Waals surface area (Å²) in [5, 5.41) is 3.79. The summed E-state index contributed by atoms with van der Waals surface area (Å²) >= 11 is 5.84. The van der Waals surface area contributed by atoms with Gasteiger partial charge >= 0.3 is 5.97 Å². The first kappa shape index (κ1) is 15.5. The number of nitrogens with one attached hydrogen (secondary N) is 1. The van der Waals surface area contributed by atoms with Crippen LogP contribution in [0.1, 0.15) is 19.0 Å². The number of esters is 1. The van der Waals surface area contributed by atoms with Crippen LogP contribution in [0.2, 0.25) is 5.02 Å². The third-order valence-electron chi connectivity index (χ3n) is 2.76. The monoisotopic (exact) mass is 308 g/mol. The molecule has 0 saturated heterocycles. The number of oxazole rings is 1. The van der Waals surface area contributed by atoms with Crippen molar-refractivity contribution in [3.8, 4) is 11.5 Å². The topological polar surface area (TPSA) is 64.4 Å². The van der Waals surface area contributed by atoms with E-state index in [0.717, 1.165) is 11.3 Å². The number of hydrogen-bond acceptors (Lipinski definition) is 5. The standard InChI is InChI=1S/C15H17ClN2O3/c1-2-20-14(19)7-8-17-9-13-10-21-15(18-13)11-3-5-12(16)6-4-11/h3-6,10,17H,2,7-9H2,1H3. The number of ether oxygens (including phenoxy) is 1. The van der Waals surface area contributed by atoms with Crippen molar-refractivity contribution in [1.82, 2.24) is 10.3 Å². The molecule has 1 aromatic carbocycles. The SMILES string of the molecule is CCOC(=O)CCNCc1coc(-c2ccc(Cl)cc2)n1. The van der Waals surface area contributed by atoms with Gasteiger partial charge < -0.3 is 14.5 Å².